The molecule has 5 rings (SSSR count). The molecule has 10 heteroatoms. The van der Waals surface area contributed by atoms with Gasteiger partial charge in [-0.2, -0.15) is 5.10 Å². The average molecular weight is 643 g/mol. The van der Waals surface area contributed by atoms with Gasteiger partial charge in [0.2, 0.25) is 0 Å². The zero-order valence-electron chi connectivity index (χ0n) is 23.6. The highest BCUT2D eigenvalue weighted by Crippen LogP contribution is 2.38. The monoisotopic (exact) mass is 641 g/mol. The number of hydrogen-bond donors (Lipinski definition) is 1. The van der Waals surface area contributed by atoms with Crippen LogP contribution in [0.25, 0.3) is 5.69 Å². The number of rotatable bonds is 9. The van der Waals surface area contributed by atoms with E-state index >= 15 is 0 Å². The van der Waals surface area contributed by atoms with Gasteiger partial charge in [-0.25, -0.2) is 13.9 Å². The van der Waals surface area contributed by atoms with Gasteiger partial charge in [0, 0.05) is 21.5 Å². The van der Waals surface area contributed by atoms with E-state index in [2.05, 4.69) is 5.32 Å². The van der Waals surface area contributed by atoms with Gasteiger partial charge < -0.3 is 10.1 Å². The molecule has 4 aromatic rings. The Morgan fingerprint density at radius 1 is 1.02 bits per heavy atom. The highest BCUT2D eigenvalue weighted by molar-refractivity contribution is 6.35. The summed E-state index contributed by atoms with van der Waals surface area (Å²) in [5.41, 5.74) is 4.51. The van der Waals surface area contributed by atoms with Crippen LogP contribution in [-0.4, -0.2) is 34.8 Å². The lowest BCUT2D eigenvalue weighted by atomic mass is 9.91. The van der Waals surface area contributed by atoms with Gasteiger partial charge >= 0.3 is 5.97 Å². The maximum atomic E-state index is 13.9. The van der Waals surface area contributed by atoms with Crippen LogP contribution in [0.15, 0.2) is 66.7 Å². The summed E-state index contributed by atoms with van der Waals surface area (Å²) in [6.45, 7) is 0. The van der Waals surface area contributed by atoms with E-state index in [0.717, 1.165) is 41.6 Å². The summed E-state index contributed by atoms with van der Waals surface area (Å²) >= 11 is 19.2. The number of ether oxygens (including phenoxy) is 1. The number of hydrogen-bond acceptors (Lipinski definition) is 4. The molecule has 0 aliphatic heterocycles. The van der Waals surface area contributed by atoms with Crippen molar-refractivity contribution in [2.75, 3.05) is 7.11 Å². The number of nitrogens with zero attached hydrogens (tertiary/aromatic N) is 2. The van der Waals surface area contributed by atoms with Gasteiger partial charge in [0.05, 0.1) is 23.5 Å². The molecule has 1 unspecified atom stereocenters. The van der Waals surface area contributed by atoms with Crippen molar-refractivity contribution in [2.45, 2.75) is 56.9 Å². The first-order chi connectivity index (χ1) is 20.7. The second-order valence-corrected chi connectivity index (χ2v) is 12.0. The quantitative estimate of drug-likeness (QED) is 0.149. The van der Waals surface area contributed by atoms with E-state index in [1.54, 1.807) is 35.0 Å². The molecule has 0 saturated carbocycles. The summed E-state index contributed by atoms with van der Waals surface area (Å²) in [5.74, 6) is -1.35. The van der Waals surface area contributed by atoms with Crippen LogP contribution in [0, 0.1) is 5.82 Å². The molecule has 6 nitrogen and oxygen atoms in total. The van der Waals surface area contributed by atoms with E-state index < -0.39 is 17.9 Å². The topological polar surface area (TPSA) is 73.2 Å². The van der Waals surface area contributed by atoms with Crippen molar-refractivity contribution in [3.63, 3.8) is 0 Å². The van der Waals surface area contributed by atoms with Crippen molar-refractivity contribution < 1.29 is 18.7 Å². The molecule has 3 aromatic carbocycles. The first kappa shape index (κ1) is 31.0. The number of halogens is 4. The van der Waals surface area contributed by atoms with Crippen LogP contribution < -0.4 is 5.32 Å². The maximum Gasteiger partial charge on any atom is 0.328 e. The van der Waals surface area contributed by atoms with Gasteiger partial charge in [0.15, 0.2) is 5.69 Å². The van der Waals surface area contributed by atoms with Crippen LogP contribution in [0.1, 0.15) is 64.5 Å². The number of aromatic nitrogens is 2. The second kappa shape index (κ2) is 13.9. The Morgan fingerprint density at radius 3 is 2.51 bits per heavy atom. The van der Waals surface area contributed by atoms with Crippen LogP contribution in [-0.2, 0) is 28.8 Å². The van der Waals surface area contributed by atoms with Gasteiger partial charge in [-0.1, -0.05) is 65.5 Å². The van der Waals surface area contributed by atoms with Crippen LogP contribution in [0.2, 0.25) is 15.1 Å². The maximum absolute atomic E-state index is 13.9. The number of esters is 1. The lowest BCUT2D eigenvalue weighted by molar-refractivity contribution is -0.143. The molecule has 1 heterocycles. The Hall–Kier alpha value is -3.39. The molecule has 0 fully saturated rings. The van der Waals surface area contributed by atoms with Crippen LogP contribution in [0.5, 0.6) is 0 Å². The fourth-order valence-corrected chi connectivity index (χ4v) is 6.41. The van der Waals surface area contributed by atoms with Gasteiger partial charge in [-0.05, 0) is 92.1 Å². The number of carbonyl (C=O) groups is 2. The van der Waals surface area contributed by atoms with Gasteiger partial charge in [0.1, 0.15) is 11.9 Å². The Bertz CT molecular complexity index is 1620. The third kappa shape index (κ3) is 7.40. The summed E-state index contributed by atoms with van der Waals surface area (Å²) in [7, 11) is 1.28. The molecule has 1 N–H and O–H groups in total. The van der Waals surface area contributed by atoms with E-state index in [4.69, 9.17) is 44.6 Å². The molecule has 0 bridgehead atoms. The number of amides is 1. The lowest BCUT2D eigenvalue weighted by Gasteiger charge is -2.19. The fourth-order valence-electron chi connectivity index (χ4n) is 5.70. The molecule has 1 aromatic heterocycles. The van der Waals surface area contributed by atoms with E-state index in [-0.39, 0.29) is 23.8 Å². The summed E-state index contributed by atoms with van der Waals surface area (Å²) < 4.78 is 20.1. The van der Waals surface area contributed by atoms with Crippen LogP contribution >= 0.6 is 34.8 Å². The van der Waals surface area contributed by atoms with Crippen molar-refractivity contribution in [3.05, 3.63) is 116 Å². The Kier molecular flexibility index (Phi) is 10.1. The number of carbonyl (C=O) groups excluding carboxylic acids is 2. The number of fused-ring (bicyclic) bond motifs is 1. The molecular weight excluding hydrogens is 612 g/mol. The molecule has 224 valence electrons. The Labute approximate surface area is 265 Å². The third-order valence-electron chi connectivity index (χ3n) is 7.79. The minimum atomic E-state index is -0.921. The first-order valence-electron chi connectivity index (χ1n) is 14.2. The standard InChI is InChI=1S/C33H31Cl3FN3O3/c1-43-33(42)28(15-11-20-9-13-25(37)14-10-20)38-32(41)30-26-8-3-2-6-22(17-21-5-4-7-23(34)18-21)31(26)40(39-30)29-16-12-24(35)19-27(29)36/h4-5,7,9-10,12-14,16,18-19,22,28H,2-3,6,8,11,15,17H2,1H3,(H,38,41)/t22?,28-/m1/s1. The SMILES string of the molecule is COC(=O)[C@@H](CCc1ccc(F)cc1)NC(=O)c1nn(-c2ccc(Cl)cc2Cl)c2c1CCCCC2Cc1cccc(Cl)c1. The number of aryl methyl sites for hydroxylation is 1. The zero-order chi connectivity index (χ0) is 30.5. The first-order valence-corrected chi connectivity index (χ1v) is 15.3. The molecule has 0 saturated heterocycles. The molecule has 0 spiro atoms. The van der Waals surface area contributed by atoms with Crippen LogP contribution in [0.3, 0.4) is 0 Å². The van der Waals surface area contributed by atoms with Crippen molar-refractivity contribution in [1.82, 2.24) is 15.1 Å². The second-order valence-electron chi connectivity index (χ2n) is 10.7. The number of methoxy groups -OCH3 is 1. The molecular formula is C33H31Cl3FN3O3. The zero-order valence-corrected chi connectivity index (χ0v) is 25.9. The lowest BCUT2D eigenvalue weighted by Crippen LogP contribution is -2.42. The Balaban J connectivity index is 1.52. The Morgan fingerprint density at radius 2 is 1.79 bits per heavy atom. The molecule has 2 atom stereocenters. The summed E-state index contributed by atoms with van der Waals surface area (Å²) in [6.07, 6.45) is 4.80. The van der Waals surface area contributed by atoms with E-state index in [0.29, 0.717) is 40.0 Å². The largest absolute Gasteiger partial charge is 0.467 e. The summed E-state index contributed by atoms with van der Waals surface area (Å²) in [6, 6.07) is 18.1. The van der Waals surface area contributed by atoms with E-state index in [9.17, 15) is 14.0 Å². The molecule has 1 amide bonds. The van der Waals surface area contributed by atoms with E-state index in [1.807, 2.05) is 24.3 Å². The highest BCUT2D eigenvalue weighted by atomic mass is 35.5. The summed E-state index contributed by atoms with van der Waals surface area (Å²) in [5, 5.41) is 9.24. The molecule has 1 aliphatic carbocycles. The van der Waals surface area contributed by atoms with Crippen molar-refractivity contribution in [2.24, 2.45) is 0 Å². The van der Waals surface area contributed by atoms with Crippen molar-refractivity contribution in [3.8, 4) is 5.69 Å². The smallest absolute Gasteiger partial charge is 0.328 e. The molecule has 0 radical (unpaired) electrons. The summed E-state index contributed by atoms with van der Waals surface area (Å²) in [4.78, 5) is 26.6. The average Bonchev–Trinajstić information content (AvgIpc) is 3.24. The van der Waals surface area contributed by atoms with E-state index in [1.165, 1.54) is 19.2 Å². The van der Waals surface area contributed by atoms with Gasteiger partial charge in [-0.3, -0.25) is 4.79 Å². The fraction of sp³-hybridized carbons (Fsp3) is 0.303. The predicted octanol–water partition coefficient (Wildman–Crippen LogP) is 7.93. The minimum absolute atomic E-state index is 0.0339. The predicted molar refractivity (Wildman–Crippen MR) is 167 cm³/mol. The van der Waals surface area contributed by atoms with Gasteiger partial charge in [-0.15, -0.1) is 0 Å². The van der Waals surface area contributed by atoms with Gasteiger partial charge in [0.25, 0.3) is 5.91 Å². The molecule has 43 heavy (non-hydrogen) atoms. The van der Waals surface area contributed by atoms with Crippen LogP contribution in [0.4, 0.5) is 4.39 Å². The van der Waals surface area contributed by atoms with Crippen molar-refractivity contribution in [1.29, 1.82) is 0 Å². The highest BCUT2D eigenvalue weighted by Gasteiger charge is 2.33. The minimum Gasteiger partial charge on any atom is -0.467 e. The molecule has 1 aliphatic rings. The third-order valence-corrected chi connectivity index (χ3v) is 8.56. The number of nitrogens with one attached hydrogen (secondary N) is 1. The van der Waals surface area contributed by atoms with Crippen molar-refractivity contribution >= 4 is 46.7 Å². The normalized spacial score (nSPS) is 15.3. The number of benzene rings is 3.